The van der Waals surface area contributed by atoms with Crippen LogP contribution in [0.1, 0.15) is 69.0 Å². The molecule has 2 fully saturated rings. The number of ether oxygens (including phenoxy) is 1. The average molecular weight is 493 g/mol. The molecule has 2 N–H and O–H groups in total. The van der Waals surface area contributed by atoms with Gasteiger partial charge in [0.2, 0.25) is 11.8 Å². The Morgan fingerprint density at radius 2 is 1.86 bits per heavy atom. The van der Waals surface area contributed by atoms with Gasteiger partial charge in [0.1, 0.15) is 11.8 Å². The largest absolute Gasteiger partial charge is 0.496 e. The Kier molecular flexibility index (Phi) is 8.62. The molecule has 7 nitrogen and oxygen atoms in total. The Bertz CT molecular complexity index is 1070. The van der Waals surface area contributed by atoms with Gasteiger partial charge in [0.15, 0.2) is 0 Å². The Balaban J connectivity index is 1.61. The van der Waals surface area contributed by atoms with Gasteiger partial charge in [-0.15, -0.1) is 0 Å². The number of nitrogens with zero attached hydrogens (tertiary/aromatic N) is 2. The van der Waals surface area contributed by atoms with Crippen molar-refractivity contribution in [2.75, 3.05) is 20.7 Å². The van der Waals surface area contributed by atoms with Crippen molar-refractivity contribution >= 4 is 11.8 Å². The van der Waals surface area contributed by atoms with E-state index in [1.807, 2.05) is 36.2 Å². The van der Waals surface area contributed by atoms with Crippen LogP contribution >= 0.6 is 0 Å². The highest BCUT2D eigenvalue weighted by Crippen LogP contribution is 2.37. The zero-order valence-electron chi connectivity index (χ0n) is 22.0. The number of nitrogens with one attached hydrogen (secondary N) is 2. The number of amides is 2. The van der Waals surface area contributed by atoms with E-state index in [0.29, 0.717) is 6.54 Å². The van der Waals surface area contributed by atoms with E-state index in [-0.39, 0.29) is 29.8 Å². The van der Waals surface area contributed by atoms with Gasteiger partial charge < -0.3 is 20.3 Å². The van der Waals surface area contributed by atoms with Crippen molar-refractivity contribution in [1.82, 2.24) is 20.5 Å². The van der Waals surface area contributed by atoms with Crippen LogP contribution in [0.15, 0.2) is 36.5 Å². The van der Waals surface area contributed by atoms with E-state index in [1.165, 1.54) is 6.42 Å². The first kappa shape index (κ1) is 26.1. The number of hydrogen-bond acceptors (Lipinski definition) is 5. The Labute approximate surface area is 215 Å². The SMILES string of the molecule is CNC(C)C(=O)NC(C(=O)N1CCCC1c1ccnc(-c2cc(C)ccc2OC)c1)C1CCCCC1. The number of methoxy groups -OCH3 is 1. The van der Waals surface area contributed by atoms with Crippen molar-refractivity contribution in [3.8, 4) is 17.0 Å². The number of benzene rings is 1. The average Bonchev–Trinajstić information content (AvgIpc) is 3.41. The fourth-order valence-corrected chi connectivity index (χ4v) is 5.64. The number of aromatic nitrogens is 1. The summed E-state index contributed by atoms with van der Waals surface area (Å²) in [5, 5.41) is 6.12. The molecule has 2 aliphatic rings. The van der Waals surface area contributed by atoms with Gasteiger partial charge in [-0.1, -0.05) is 30.9 Å². The number of carbonyl (C=O) groups is 2. The maximum atomic E-state index is 14.0. The third kappa shape index (κ3) is 5.72. The smallest absolute Gasteiger partial charge is 0.245 e. The number of likely N-dealkylation sites (tertiary alicyclic amines) is 1. The highest BCUT2D eigenvalue weighted by Gasteiger charge is 2.39. The zero-order chi connectivity index (χ0) is 25.7. The number of carbonyl (C=O) groups excluding carboxylic acids is 2. The number of hydrogen-bond donors (Lipinski definition) is 2. The summed E-state index contributed by atoms with van der Waals surface area (Å²) in [6.45, 7) is 4.59. The summed E-state index contributed by atoms with van der Waals surface area (Å²) in [5.41, 5.74) is 4.00. The minimum atomic E-state index is -0.479. The van der Waals surface area contributed by atoms with Crippen LogP contribution in [0.4, 0.5) is 0 Å². The molecule has 3 atom stereocenters. The minimum absolute atomic E-state index is 0.0280. The summed E-state index contributed by atoms with van der Waals surface area (Å²) in [6.07, 6.45) is 9.06. The second-order valence-electron chi connectivity index (χ2n) is 10.3. The number of likely N-dealkylation sites (N-methyl/N-ethyl adjacent to an activating group) is 1. The molecular weight excluding hydrogens is 452 g/mol. The summed E-state index contributed by atoms with van der Waals surface area (Å²) >= 11 is 0. The Morgan fingerprint density at radius 3 is 2.58 bits per heavy atom. The predicted molar refractivity (Wildman–Crippen MR) is 142 cm³/mol. The molecule has 1 aliphatic carbocycles. The first-order valence-electron chi connectivity index (χ1n) is 13.3. The zero-order valence-corrected chi connectivity index (χ0v) is 22.0. The van der Waals surface area contributed by atoms with Crippen molar-refractivity contribution in [2.45, 2.75) is 76.9 Å². The number of rotatable bonds is 8. The molecule has 2 heterocycles. The van der Waals surface area contributed by atoms with Gasteiger partial charge >= 0.3 is 0 Å². The van der Waals surface area contributed by atoms with Gasteiger partial charge in [0.05, 0.1) is 24.9 Å². The molecule has 2 amide bonds. The standard InChI is InChI=1S/C29H40N4O3/c1-19-12-13-26(36-4)23(17-19)24-18-22(14-15-31-24)25-11-8-16-33(25)29(35)27(21-9-6-5-7-10-21)32-28(34)20(2)30-3/h12-15,17-18,20-21,25,27,30H,5-11,16H2,1-4H3,(H,32,34). The van der Waals surface area contributed by atoms with Crippen molar-refractivity contribution < 1.29 is 14.3 Å². The van der Waals surface area contributed by atoms with Gasteiger partial charge in [-0.2, -0.15) is 0 Å². The summed E-state index contributed by atoms with van der Waals surface area (Å²) in [5.74, 6) is 0.899. The topological polar surface area (TPSA) is 83.6 Å². The number of aryl methyl sites for hydroxylation is 1. The quantitative estimate of drug-likeness (QED) is 0.571. The highest BCUT2D eigenvalue weighted by molar-refractivity contribution is 5.90. The van der Waals surface area contributed by atoms with Crippen molar-refractivity contribution in [3.05, 3.63) is 47.7 Å². The van der Waals surface area contributed by atoms with Crippen LogP contribution < -0.4 is 15.4 Å². The number of pyridine rings is 1. The van der Waals surface area contributed by atoms with Crippen molar-refractivity contribution in [1.29, 1.82) is 0 Å². The molecule has 194 valence electrons. The fourth-order valence-electron chi connectivity index (χ4n) is 5.64. The van der Waals surface area contributed by atoms with E-state index in [2.05, 4.69) is 34.7 Å². The van der Waals surface area contributed by atoms with Crippen LogP contribution in [0.25, 0.3) is 11.3 Å². The lowest BCUT2D eigenvalue weighted by atomic mass is 9.83. The molecular formula is C29H40N4O3. The van der Waals surface area contributed by atoms with Gasteiger partial charge in [-0.25, -0.2) is 0 Å². The molecule has 1 saturated heterocycles. The first-order chi connectivity index (χ1) is 17.4. The van der Waals surface area contributed by atoms with Gasteiger partial charge in [0, 0.05) is 18.3 Å². The lowest BCUT2D eigenvalue weighted by molar-refractivity contribution is -0.139. The maximum Gasteiger partial charge on any atom is 0.245 e. The predicted octanol–water partition coefficient (Wildman–Crippen LogP) is 4.40. The highest BCUT2D eigenvalue weighted by atomic mass is 16.5. The second kappa shape index (κ2) is 11.9. The van der Waals surface area contributed by atoms with E-state index in [1.54, 1.807) is 14.2 Å². The van der Waals surface area contributed by atoms with E-state index >= 15 is 0 Å². The second-order valence-corrected chi connectivity index (χ2v) is 10.3. The van der Waals surface area contributed by atoms with Gasteiger partial charge in [-0.3, -0.25) is 14.6 Å². The molecule has 7 heteroatoms. The van der Waals surface area contributed by atoms with Crippen molar-refractivity contribution in [3.63, 3.8) is 0 Å². The molecule has 1 saturated carbocycles. The van der Waals surface area contributed by atoms with E-state index < -0.39 is 6.04 Å². The van der Waals surface area contributed by atoms with Crippen LogP contribution in [0.3, 0.4) is 0 Å². The lowest BCUT2D eigenvalue weighted by Gasteiger charge is -2.35. The lowest BCUT2D eigenvalue weighted by Crippen LogP contribution is -2.55. The summed E-state index contributed by atoms with van der Waals surface area (Å²) in [6, 6.07) is 9.33. The molecule has 1 aromatic heterocycles. The van der Waals surface area contributed by atoms with Crippen LogP contribution in [-0.2, 0) is 9.59 Å². The Hall–Kier alpha value is -2.93. The summed E-state index contributed by atoms with van der Waals surface area (Å²) in [4.78, 5) is 33.5. The van der Waals surface area contributed by atoms with Gasteiger partial charge in [-0.05, 0) is 82.3 Å². The van der Waals surface area contributed by atoms with Crippen LogP contribution in [-0.4, -0.2) is 54.5 Å². The van der Waals surface area contributed by atoms with Crippen LogP contribution in [0.2, 0.25) is 0 Å². The molecule has 0 spiro atoms. The third-order valence-electron chi connectivity index (χ3n) is 7.85. The van der Waals surface area contributed by atoms with E-state index in [4.69, 9.17) is 4.74 Å². The maximum absolute atomic E-state index is 14.0. The Morgan fingerprint density at radius 1 is 1.08 bits per heavy atom. The molecule has 0 bridgehead atoms. The van der Waals surface area contributed by atoms with Crippen LogP contribution in [0, 0.1) is 12.8 Å². The van der Waals surface area contributed by atoms with Gasteiger partial charge in [0.25, 0.3) is 0 Å². The van der Waals surface area contributed by atoms with E-state index in [0.717, 1.165) is 66.7 Å². The summed E-state index contributed by atoms with van der Waals surface area (Å²) in [7, 11) is 3.44. The molecule has 1 aliphatic heterocycles. The molecule has 0 radical (unpaired) electrons. The molecule has 36 heavy (non-hydrogen) atoms. The van der Waals surface area contributed by atoms with E-state index in [9.17, 15) is 9.59 Å². The minimum Gasteiger partial charge on any atom is -0.496 e. The first-order valence-corrected chi connectivity index (χ1v) is 13.3. The molecule has 4 rings (SSSR count). The monoisotopic (exact) mass is 492 g/mol. The molecule has 3 unspecified atom stereocenters. The molecule has 2 aromatic rings. The normalized spacial score (nSPS) is 20.1. The fraction of sp³-hybridized carbons (Fsp3) is 0.552. The van der Waals surface area contributed by atoms with Crippen molar-refractivity contribution in [2.24, 2.45) is 5.92 Å². The van der Waals surface area contributed by atoms with Crippen LogP contribution in [0.5, 0.6) is 5.75 Å². The molecule has 1 aromatic carbocycles. The summed E-state index contributed by atoms with van der Waals surface area (Å²) < 4.78 is 5.59. The third-order valence-corrected chi connectivity index (χ3v) is 7.85.